The highest BCUT2D eigenvalue weighted by molar-refractivity contribution is 6.32. The number of nitrogens with zero attached hydrogens (tertiary/aromatic N) is 5. The van der Waals surface area contributed by atoms with Crippen LogP contribution >= 0.6 is 11.6 Å². The zero-order valence-electron chi connectivity index (χ0n) is 24.0. The van der Waals surface area contributed by atoms with E-state index in [1.165, 1.54) is 12.1 Å². The normalized spacial score (nSPS) is 24.9. The average Bonchev–Trinajstić information content (AvgIpc) is 3.46. The molecule has 4 saturated heterocycles. The first-order valence-corrected chi connectivity index (χ1v) is 15.8. The molecule has 0 radical (unpaired) electrons. The Labute approximate surface area is 254 Å². The van der Waals surface area contributed by atoms with Crippen molar-refractivity contribution in [1.29, 1.82) is 0 Å². The highest BCUT2D eigenvalue weighted by Gasteiger charge is 2.45. The van der Waals surface area contributed by atoms with E-state index in [2.05, 4.69) is 30.4 Å². The number of ether oxygens (including phenoxy) is 1. The third-order valence-corrected chi connectivity index (χ3v) is 10.4. The van der Waals surface area contributed by atoms with Crippen LogP contribution in [-0.2, 0) is 0 Å². The fraction of sp³-hybridized carbons (Fsp3) is 0.548. The number of carbonyl (C=O) groups is 1. The molecule has 1 saturated carbocycles. The molecule has 1 atom stereocenters. The molecule has 2 aromatic heterocycles. The highest BCUT2D eigenvalue weighted by Crippen LogP contribution is 2.49. The Kier molecular flexibility index (Phi) is 6.34. The molecule has 8 rings (SSSR count). The van der Waals surface area contributed by atoms with Gasteiger partial charge in [-0.3, -0.25) is 9.88 Å². The number of urea groups is 1. The summed E-state index contributed by atoms with van der Waals surface area (Å²) in [6.07, 6.45) is 9.62. The predicted molar refractivity (Wildman–Crippen MR) is 160 cm³/mol. The number of aromatic hydroxyl groups is 1. The quantitative estimate of drug-likeness (QED) is 0.369. The summed E-state index contributed by atoms with van der Waals surface area (Å²) in [6.45, 7) is 4.33. The van der Waals surface area contributed by atoms with Crippen LogP contribution < -0.4 is 20.3 Å². The maximum atomic E-state index is 16.7. The van der Waals surface area contributed by atoms with Gasteiger partial charge in [0.15, 0.2) is 5.82 Å². The molecule has 3 aromatic rings. The van der Waals surface area contributed by atoms with E-state index in [1.54, 1.807) is 6.20 Å². The number of hydrogen-bond acceptors (Lipinski definition) is 8. The number of aromatic nitrogens is 3. The summed E-state index contributed by atoms with van der Waals surface area (Å²) < 4.78 is 23.0. The van der Waals surface area contributed by atoms with Crippen molar-refractivity contribution in [2.45, 2.75) is 68.4 Å². The first-order valence-electron chi connectivity index (χ1n) is 15.4. The number of piperidine rings is 1. The number of carbonyl (C=O) groups excluding carboxylic acids is 1. The molecule has 5 aliphatic rings. The van der Waals surface area contributed by atoms with E-state index in [-0.39, 0.29) is 40.5 Å². The molecule has 0 bridgehead atoms. The van der Waals surface area contributed by atoms with Crippen molar-refractivity contribution in [2.75, 3.05) is 44.2 Å². The van der Waals surface area contributed by atoms with Crippen LogP contribution in [0.2, 0.25) is 5.02 Å². The maximum absolute atomic E-state index is 16.7. The molecule has 2 amide bonds. The van der Waals surface area contributed by atoms with Gasteiger partial charge in [-0.15, -0.1) is 0 Å². The molecule has 226 valence electrons. The monoisotopic (exact) mass is 607 g/mol. The van der Waals surface area contributed by atoms with Crippen molar-refractivity contribution in [2.24, 2.45) is 0 Å². The summed E-state index contributed by atoms with van der Waals surface area (Å²) in [5.74, 6) is 0.112. The molecule has 4 aliphatic heterocycles. The molecule has 1 unspecified atom stereocenters. The van der Waals surface area contributed by atoms with Crippen LogP contribution in [0.15, 0.2) is 18.3 Å². The van der Waals surface area contributed by atoms with E-state index in [4.69, 9.17) is 21.3 Å². The van der Waals surface area contributed by atoms with Gasteiger partial charge < -0.3 is 25.4 Å². The minimum atomic E-state index is -0.598. The van der Waals surface area contributed by atoms with Crippen molar-refractivity contribution >= 4 is 34.4 Å². The Hall–Kier alpha value is -3.44. The molecule has 3 N–H and O–H groups in total. The Morgan fingerprint density at radius 3 is 2.65 bits per heavy atom. The second-order valence-electron chi connectivity index (χ2n) is 13.0. The SMILES string of the molecule is O=C1NCC2(CCCN(c3nc(OCC45CCCN4CCC5)nc4c(F)c(-c5cc(O)cc(Cl)c5C5CC5)ncc34)C2)N1. The first kappa shape index (κ1) is 27.1. The number of nitrogens with one attached hydrogen (secondary N) is 2. The van der Waals surface area contributed by atoms with Gasteiger partial charge in [-0.1, -0.05) is 11.6 Å². The molecule has 12 heteroatoms. The van der Waals surface area contributed by atoms with Gasteiger partial charge in [0, 0.05) is 36.4 Å². The molecule has 6 heterocycles. The van der Waals surface area contributed by atoms with Gasteiger partial charge in [0.05, 0.1) is 16.5 Å². The summed E-state index contributed by atoms with van der Waals surface area (Å²) in [5.41, 5.74) is 1.06. The highest BCUT2D eigenvalue weighted by atomic mass is 35.5. The van der Waals surface area contributed by atoms with Gasteiger partial charge in [0.2, 0.25) is 0 Å². The van der Waals surface area contributed by atoms with E-state index in [0.29, 0.717) is 48.0 Å². The van der Waals surface area contributed by atoms with Crippen LogP contribution in [0.3, 0.4) is 0 Å². The number of benzene rings is 1. The Morgan fingerprint density at radius 1 is 1.12 bits per heavy atom. The Bertz CT molecular complexity index is 1620. The zero-order valence-corrected chi connectivity index (χ0v) is 24.7. The molecule has 1 aliphatic carbocycles. The number of phenols is 1. The molecule has 43 heavy (non-hydrogen) atoms. The fourth-order valence-corrected chi connectivity index (χ4v) is 8.27. The zero-order chi connectivity index (χ0) is 29.3. The third-order valence-electron chi connectivity index (χ3n) is 10.1. The molecule has 1 spiro atoms. The van der Waals surface area contributed by atoms with Gasteiger partial charge >= 0.3 is 12.0 Å². The largest absolute Gasteiger partial charge is 0.508 e. The van der Waals surface area contributed by atoms with Crippen LogP contribution in [0.1, 0.15) is 62.8 Å². The summed E-state index contributed by atoms with van der Waals surface area (Å²) in [6, 6.07) is 3.00. The van der Waals surface area contributed by atoms with Crippen molar-refractivity contribution in [1.82, 2.24) is 30.5 Å². The van der Waals surface area contributed by atoms with Gasteiger partial charge in [0.25, 0.3) is 0 Å². The van der Waals surface area contributed by atoms with Gasteiger partial charge in [-0.05, 0) is 88.1 Å². The van der Waals surface area contributed by atoms with Crippen molar-refractivity contribution < 1.29 is 19.0 Å². The summed E-state index contributed by atoms with van der Waals surface area (Å²) in [4.78, 5) is 30.8. The lowest BCUT2D eigenvalue weighted by Gasteiger charge is -2.40. The standard InChI is InChI=1S/C31H35ClFN7O3/c32-22-13-19(41)12-20(23(22)18-4-5-18)25-24(33)26-21(14-34-25)27(39-9-1-6-30(16-39)15-35-28(42)38-30)37-29(36-26)43-17-31-7-2-10-40(31)11-3-8-31/h12-14,18,41H,1-11,15-17H2,(H2,35,38,42). The molecular weight excluding hydrogens is 573 g/mol. The lowest BCUT2D eigenvalue weighted by atomic mass is 9.90. The van der Waals surface area contributed by atoms with Crippen LogP contribution in [0.5, 0.6) is 11.8 Å². The minimum absolute atomic E-state index is 0.0209. The first-order chi connectivity index (χ1) is 20.8. The van der Waals surface area contributed by atoms with Crippen LogP contribution in [0.4, 0.5) is 15.0 Å². The summed E-state index contributed by atoms with van der Waals surface area (Å²) >= 11 is 6.56. The van der Waals surface area contributed by atoms with E-state index in [1.807, 2.05) is 0 Å². The third kappa shape index (κ3) is 4.63. The Balaban J connectivity index is 1.23. The number of anilines is 1. The number of phenolic OH excluding ortho intramolecular Hbond substituents is 1. The summed E-state index contributed by atoms with van der Waals surface area (Å²) in [5, 5.41) is 17.3. The number of halogens is 2. The Morgan fingerprint density at radius 2 is 1.91 bits per heavy atom. The molecule has 5 fully saturated rings. The van der Waals surface area contributed by atoms with Crippen molar-refractivity contribution in [3.8, 4) is 23.0 Å². The lowest BCUT2D eigenvalue weighted by molar-refractivity contribution is 0.108. The number of amides is 2. The van der Waals surface area contributed by atoms with Crippen LogP contribution in [0.25, 0.3) is 22.2 Å². The van der Waals surface area contributed by atoms with E-state index < -0.39 is 11.4 Å². The fourth-order valence-electron chi connectivity index (χ4n) is 7.90. The predicted octanol–water partition coefficient (Wildman–Crippen LogP) is 4.73. The second-order valence-corrected chi connectivity index (χ2v) is 13.4. The van der Waals surface area contributed by atoms with E-state index >= 15 is 4.39 Å². The minimum Gasteiger partial charge on any atom is -0.508 e. The number of hydrogen-bond donors (Lipinski definition) is 3. The van der Waals surface area contributed by atoms with Crippen LogP contribution in [-0.4, -0.2) is 81.4 Å². The number of rotatable bonds is 6. The summed E-state index contributed by atoms with van der Waals surface area (Å²) in [7, 11) is 0. The van der Waals surface area contributed by atoms with Gasteiger partial charge in [-0.2, -0.15) is 9.97 Å². The van der Waals surface area contributed by atoms with E-state index in [0.717, 1.165) is 70.0 Å². The molecule has 10 nitrogen and oxygen atoms in total. The van der Waals surface area contributed by atoms with Gasteiger partial charge in [-0.25, -0.2) is 9.18 Å². The maximum Gasteiger partial charge on any atom is 0.319 e. The average molecular weight is 608 g/mol. The second kappa shape index (κ2) is 10.1. The lowest BCUT2D eigenvalue weighted by Crippen LogP contribution is -2.56. The van der Waals surface area contributed by atoms with Crippen molar-refractivity contribution in [3.05, 3.63) is 34.7 Å². The number of pyridine rings is 1. The topological polar surface area (TPSA) is 116 Å². The van der Waals surface area contributed by atoms with Crippen LogP contribution in [0, 0.1) is 5.82 Å². The van der Waals surface area contributed by atoms with Gasteiger partial charge in [0.1, 0.15) is 29.4 Å². The molecule has 1 aromatic carbocycles. The smallest absolute Gasteiger partial charge is 0.319 e. The van der Waals surface area contributed by atoms with Crippen molar-refractivity contribution in [3.63, 3.8) is 0 Å². The molecular formula is C31H35ClFN7O3. The number of fused-ring (bicyclic) bond motifs is 2. The van der Waals surface area contributed by atoms with E-state index in [9.17, 15) is 9.90 Å².